The van der Waals surface area contributed by atoms with E-state index in [9.17, 15) is 62.3 Å². The van der Waals surface area contributed by atoms with Crippen molar-refractivity contribution >= 4 is 11.9 Å². The maximum absolute atomic E-state index is 11.8. The molecule has 0 heterocycles. The molecule has 176 valence electrons. The Balaban J connectivity index is 0. The Hall–Kier alpha value is -2.42. The zero-order valence-electron chi connectivity index (χ0n) is 14.7. The molecule has 0 radical (unpaired) electrons. The number of rotatable bonds is 4. The van der Waals surface area contributed by atoms with E-state index in [1.165, 1.54) is 6.92 Å². The van der Waals surface area contributed by atoms with Gasteiger partial charge in [0.05, 0.1) is 0 Å². The lowest BCUT2D eigenvalue weighted by Gasteiger charge is -2.23. The minimum Gasteiger partial charge on any atom is -0.450 e. The van der Waals surface area contributed by atoms with E-state index in [0.29, 0.717) is 0 Å². The van der Waals surface area contributed by atoms with E-state index in [4.69, 9.17) is 0 Å². The van der Waals surface area contributed by atoms with Gasteiger partial charge in [-0.3, -0.25) is 0 Å². The van der Waals surface area contributed by atoms with Crippen LogP contribution in [0.3, 0.4) is 0 Å². The molecule has 0 bridgehead atoms. The lowest BCUT2D eigenvalue weighted by Crippen LogP contribution is -2.46. The molecular weight excluding hydrogens is 460 g/mol. The van der Waals surface area contributed by atoms with E-state index in [-0.39, 0.29) is 5.57 Å². The van der Waals surface area contributed by atoms with Gasteiger partial charge < -0.3 is 9.47 Å². The van der Waals surface area contributed by atoms with Crippen molar-refractivity contribution in [3.8, 4) is 0 Å². The molecule has 0 aromatic heterocycles. The first-order valence-electron chi connectivity index (χ1n) is 6.96. The fourth-order valence-corrected chi connectivity index (χ4v) is 0.941. The van der Waals surface area contributed by atoms with Crippen LogP contribution in [-0.4, -0.2) is 48.9 Å². The van der Waals surface area contributed by atoms with E-state index in [2.05, 4.69) is 16.1 Å². The fraction of sp³-hybridized carbons (Fsp3) is 0.571. The third-order valence-electron chi connectivity index (χ3n) is 2.50. The summed E-state index contributed by atoms with van der Waals surface area (Å²) < 4.78 is 148. The van der Waals surface area contributed by atoms with Gasteiger partial charge in [0.2, 0.25) is 0 Å². The van der Waals surface area contributed by atoms with Crippen LogP contribution in [0.5, 0.6) is 0 Å². The van der Waals surface area contributed by atoms with Crippen LogP contribution in [0.4, 0.5) is 52.7 Å². The number of esters is 2. The molecule has 4 nitrogen and oxygen atoms in total. The predicted octanol–water partition coefficient (Wildman–Crippen LogP) is 5.20. The molecule has 0 rings (SSSR count). The Morgan fingerprint density at radius 2 is 1.07 bits per heavy atom. The van der Waals surface area contributed by atoms with Gasteiger partial charge in [-0.15, -0.1) is 0 Å². The molecule has 0 saturated carbocycles. The first-order chi connectivity index (χ1) is 12.9. The number of alkyl halides is 12. The standard InChI is InChI=1S/C7H3F9O2.C7H9F3O2/c1-2(5(8,9)10)3(17)18-4(6(11,12)13)7(14,15)16;1-4(2)6(11)12-5(3)7(8,9)10/h4H,1H2;5H,1H2,2-3H3. The van der Waals surface area contributed by atoms with Crippen LogP contribution >= 0.6 is 0 Å². The van der Waals surface area contributed by atoms with E-state index in [1.54, 1.807) is 0 Å². The lowest BCUT2D eigenvalue weighted by molar-refractivity contribution is -0.313. The van der Waals surface area contributed by atoms with Gasteiger partial charge in [0.1, 0.15) is 5.57 Å². The molecule has 0 aromatic rings. The SMILES string of the molecule is C=C(C(=O)OC(C(F)(F)F)C(F)(F)F)C(F)(F)F.C=C(C)C(=O)OC(C)C(F)(F)F. The Morgan fingerprint density at radius 3 is 1.30 bits per heavy atom. The molecule has 0 aliphatic heterocycles. The van der Waals surface area contributed by atoms with Crippen molar-refractivity contribution in [3.05, 3.63) is 24.3 Å². The summed E-state index contributed by atoms with van der Waals surface area (Å²) in [6.07, 6.45) is -28.9. The summed E-state index contributed by atoms with van der Waals surface area (Å²) in [4.78, 5) is 21.0. The van der Waals surface area contributed by atoms with Gasteiger partial charge in [-0.25, -0.2) is 9.59 Å². The highest BCUT2D eigenvalue weighted by Gasteiger charge is 2.60. The van der Waals surface area contributed by atoms with Crippen molar-refractivity contribution in [1.29, 1.82) is 0 Å². The Bertz CT molecular complexity index is 625. The highest BCUT2D eigenvalue weighted by atomic mass is 19.4. The van der Waals surface area contributed by atoms with Gasteiger partial charge in [-0.2, -0.15) is 52.7 Å². The monoisotopic (exact) mass is 472 g/mol. The molecule has 0 fully saturated rings. The molecule has 0 saturated heterocycles. The number of halogens is 12. The molecule has 0 aromatic carbocycles. The van der Waals surface area contributed by atoms with E-state index in [0.717, 1.165) is 6.92 Å². The summed E-state index contributed by atoms with van der Waals surface area (Å²) in [5.41, 5.74) is -2.52. The van der Waals surface area contributed by atoms with Crippen molar-refractivity contribution in [2.24, 2.45) is 0 Å². The predicted molar refractivity (Wildman–Crippen MR) is 73.6 cm³/mol. The van der Waals surface area contributed by atoms with Crippen LogP contribution in [0.2, 0.25) is 0 Å². The van der Waals surface area contributed by atoms with Gasteiger partial charge in [0.25, 0.3) is 6.10 Å². The van der Waals surface area contributed by atoms with Gasteiger partial charge in [0, 0.05) is 5.57 Å². The van der Waals surface area contributed by atoms with Crippen LogP contribution in [0, 0.1) is 0 Å². The summed E-state index contributed by atoms with van der Waals surface area (Å²) in [6.45, 7) is 7.20. The molecular formula is C14H12F12O4. The average molecular weight is 472 g/mol. The molecule has 30 heavy (non-hydrogen) atoms. The Labute approximate surface area is 160 Å². The van der Waals surface area contributed by atoms with E-state index < -0.39 is 54.4 Å². The molecule has 1 atom stereocenters. The molecule has 16 heteroatoms. The van der Waals surface area contributed by atoms with Crippen molar-refractivity contribution in [2.75, 3.05) is 0 Å². The van der Waals surface area contributed by atoms with Gasteiger partial charge in [-0.05, 0) is 13.8 Å². The zero-order valence-corrected chi connectivity index (χ0v) is 14.7. The summed E-state index contributed by atoms with van der Waals surface area (Å²) >= 11 is 0. The quantitative estimate of drug-likeness (QED) is 0.321. The molecule has 0 aliphatic rings. The van der Waals surface area contributed by atoms with Crippen molar-refractivity contribution < 1.29 is 71.7 Å². The second kappa shape index (κ2) is 10.1. The van der Waals surface area contributed by atoms with Crippen LogP contribution < -0.4 is 0 Å². The summed E-state index contributed by atoms with van der Waals surface area (Å²) in [5, 5.41) is 0. The largest absolute Gasteiger partial charge is 0.450 e. The van der Waals surface area contributed by atoms with Gasteiger partial charge in [-0.1, -0.05) is 13.2 Å². The minimum atomic E-state index is -6.08. The van der Waals surface area contributed by atoms with E-state index in [1.807, 2.05) is 6.58 Å². The third-order valence-corrected chi connectivity index (χ3v) is 2.50. The minimum absolute atomic E-state index is 0.0499. The van der Waals surface area contributed by atoms with Crippen LogP contribution in [0.15, 0.2) is 24.3 Å². The summed E-state index contributed by atoms with van der Waals surface area (Å²) in [7, 11) is 0. The second-order valence-electron chi connectivity index (χ2n) is 5.21. The first-order valence-corrected chi connectivity index (χ1v) is 6.96. The highest BCUT2D eigenvalue weighted by Crippen LogP contribution is 2.37. The van der Waals surface area contributed by atoms with Gasteiger partial charge >= 0.3 is 36.6 Å². The number of hydrogen-bond acceptors (Lipinski definition) is 4. The maximum Gasteiger partial charge on any atom is 0.434 e. The third kappa shape index (κ3) is 10.9. The van der Waals surface area contributed by atoms with Gasteiger partial charge in [0.15, 0.2) is 6.10 Å². The second-order valence-corrected chi connectivity index (χ2v) is 5.21. The smallest absolute Gasteiger partial charge is 0.434 e. The summed E-state index contributed by atoms with van der Waals surface area (Å²) in [6, 6.07) is 0. The number of ether oxygens (including phenoxy) is 2. The zero-order chi connectivity index (χ0) is 24.9. The molecule has 0 N–H and O–H groups in total. The molecule has 0 amide bonds. The Kier molecular flexibility index (Phi) is 9.99. The number of carbonyl (C=O) groups excluding carboxylic acids is 2. The first kappa shape index (κ1) is 29.8. The topological polar surface area (TPSA) is 52.6 Å². The van der Waals surface area contributed by atoms with Crippen LogP contribution in [0.1, 0.15) is 13.8 Å². The highest BCUT2D eigenvalue weighted by molar-refractivity contribution is 5.89. The van der Waals surface area contributed by atoms with Crippen molar-refractivity contribution in [1.82, 2.24) is 0 Å². The molecule has 0 aliphatic carbocycles. The van der Waals surface area contributed by atoms with Crippen LogP contribution in [-0.2, 0) is 19.1 Å². The fourth-order valence-electron chi connectivity index (χ4n) is 0.941. The number of carbonyl (C=O) groups is 2. The van der Waals surface area contributed by atoms with Crippen LogP contribution in [0.25, 0.3) is 0 Å². The normalized spacial score (nSPS) is 13.7. The maximum atomic E-state index is 11.8. The van der Waals surface area contributed by atoms with E-state index >= 15 is 0 Å². The van der Waals surface area contributed by atoms with Crippen molar-refractivity contribution in [3.63, 3.8) is 0 Å². The Morgan fingerprint density at radius 1 is 0.700 bits per heavy atom. The van der Waals surface area contributed by atoms with Crippen molar-refractivity contribution in [2.45, 2.75) is 50.8 Å². The number of hydrogen-bond donors (Lipinski definition) is 0. The average Bonchev–Trinajstić information content (AvgIpc) is 2.47. The lowest BCUT2D eigenvalue weighted by atomic mass is 10.3. The molecule has 0 spiro atoms. The summed E-state index contributed by atoms with van der Waals surface area (Å²) in [5.74, 6) is -3.87. The molecule has 1 unspecified atom stereocenters.